The van der Waals surface area contributed by atoms with Crippen LogP contribution in [0.15, 0.2) is 0 Å². The van der Waals surface area contributed by atoms with Gasteiger partial charge in [0.1, 0.15) is 0 Å². The van der Waals surface area contributed by atoms with Crippen molar-refractivity contribution in [2.75, 3.05) is 5.75 Å². The first-order chi connectivity index (χ1) is 4.63. The highest BCUT2D eigenvalue weighted by Crippen LogP contribution is 2.03. The molecule has 0 aromatic carbocycles. The summed E-state index contributed by atoms with van der Waals surface area (Å²) in [7, 11) is 0. The van der Waals surface area contributed by atoms with Crippen LogP contribution in [0, 0.1) is 5.92 Å². The zero-order valence-electron chi connectivity index (χ0n) is 5.83. The standard InChI is InChI=1S/C6H11NO2S/c1-2-4(6(7)9)5(8)3-10/h4,10H,2-3H2,1H3,(H2,7,9). The van der Waals surface area contributed by atoms with Crippen molar-refractivity contribution < 1.29 is 9.59 Å². The van der Waals surface area contributed by atoms with Crippen molar-refractivity contribution in [3.05, 3.63) is 0 Å². The number of amides is 1. The molecular weight excluding hydrogens is 150 g/mol. The number of ketones is 1. The van der Waals surface area contributed by atoms with Gasteiger partial charge in [0.15, 0.2) is 5.78 Å². The Kier molecular flexibility index (Phi) is 4.11. The Bertz CT molecular complexity index is 147. The van der Waals surface area contributed by atoms with Crippen molar-refractivity contribution >= 4 is 24.3 Å². The fourth-order valence-electron chi connectivity index (χ4n) is 0.698. The summed E-state index contributed by atoms with van der Waals surface area (Å²) in [6.45, 7) is 1.75. The molecule has 10 heavy (non-hydrogen) atoms. The molecule has 4 heteroatoms. The number of Topliss-reactive ketones (excluding diaryl/α,β-unsaturated/α-hetero) is 1. The Morgan fingerprint density at radius 3 is 2.20 bits per heavy atom. The first kappa shape index (κ1) is 9.49. The molecule has 0 radical (unpaired) electrons. The number of carbonyl (C=O) groups excluding carboxylic acids is 2. The van der Waals surface area contributed by atoms with Crippen LogP contribution in [-0.2, 0) is 9.59 Å². The lowest BCUT2D eigenvalue weighted by molar-refractivity contribution is -0.130. The molecule has 2 N–H and O–H groups in total. The maximum Gasteiger partial charge on any atom is 0.228 e. The summed E-state index contributed by atoms with van der Waals surface area (Å²) in [6.07, 6.45) is 0.467. The first-order valence-corrected chi connectivity index (χ1v) is 3.69. The van der Waals surface area contributed by atoms with Gasteiger partial charge in [-0.3, -0.25) is 9.59 Å². The van der Waals surface area contributed by atoms with Crippen LogP contribution < -0.4 is 5.73 Å². The second-order valence-electron chi connectivity index (χ2n) is 1.99. The van der Waals surface area contributed by atoms with Gasteiger partial charge in [-0.15, -0.1) is 0 Å². The lowest BCUT2D eigenvalue weighted by atomic mass is 10.0. The van der Waals surface area contributed by atoms with E-state index in [1.807, 2.05) is 0 Å². The molecule has 58 valence electrons. The topological polar surface area (TPSA) is 60.2 Å². The van der Waals surface area contributed by atoms with Gasteiger partial charge in [0.05, 0.1) is 11.7 Å². The highest BCUT2D eigenvalue weighted by atomic mass is 32.1. The highest BCUT2D eigenvalue weighted by molar-refractivity contribution is 7.81. The summed E-state index contributed by atoms with van der Waals surface area (Å²) in [4.78, 5) is 21.3. The third-order valence-corrected chi connectivity index (χ3v) is 1.61. The maximum absolute atomic E-state index is 10.8. The molecule has 3 nitrogen and oxygen atoms in total. The molecule has 0 saturated heterocycles. The first-order valence-electron chi connectivity index (χ1n) is 3.06. The third kappa shape index (κ3) is 2.39. The van der Waals surface area contributed by atoms with Gasteiger partial charge in [-0.05, 0) is 6.42 Å². The second-order valence-corrected chi connectivity index (χ2v) is 2.30. The van der Waals surface area contributed by atoms with Gasteiger partial charge in [-0.1, -0.05) is 6.92 Å². The molecule has 1 unspecified atom stereocenters. The number of nitrogens with two attached hydrogens (primary N) is 1. The van der Waals surface area contributed by atoms with Crippen LogP contribution in [0.3, 0.4) is 0 Å². The predicted molar refractivity (Wildman–Crippen MR) is 41.8 cm³/mol. The van der Waals surface area contributed by atoms with Crippen LogP contribution in [-0.4, -0.2) is 17.4 Å². The van der Waals surface area contributed by atoms with Crippen molar-refractivity contribution in [1.82, 2.24) is 0 Å². The molecule has 1 atom stereocenters. The second kappa shape index (κ2) is 4.33. The van der Waals surface area contributed by atoms with E-state index in [-0.39, 0.29) is 11.5 Å². The van der Waals surface area contributed by atoms with Crippen molar-refractivity contribution in [2.24, 2.45) is 11.7 Å². The Labute approximate surface area is 65.4 Å². The minimum atomic E-state index is -0.641. The van der Waals surface area contributed by atoms with Crippen LogP contribution in [0.4, 0.5) is 0 Å². The molecule has 0 aliphatic carbocycles. The van der Waals surface area contributed by atoms with E-state index >= 15 is 0 Å². The Morgan fingerprint density at radius 1 is 1.60 bits per heavy atom. The van der Waals surface area contributed by atoms with Crippen LogP contribution >= 0.6 is 12.6 Å². The molecule has 0 aliphatic rings. The molecular formula is C6H11NO2S. The lowest BCUT2D eigenvalue weighted by Gasteiger charge is -2.05. The molecule has 0 spiro atoms. The average molecular weight is 161 g/mol. The lowest BCUT2D eigenvalue weighted by Crippen LogP contribution is -2.30. The number of thiol groups is 1. The van der Waals surface area contributed by atoms with E-state index < -0.39 is 11.8 Å². The third-order valence-electron chi connectivity index (χ3n) is 1.30. The zero-order valence-corrected chi connectivity index (χ0v) is 6.73. The smallest absolute Gasteiger partial charge is 0.228 e. The number of hydrogen-bond donors (Lipinski definition) is 2. The van der Waals surface area contributed by atoms with Gasteiger partial charge in [0, 0.05) is 0 Å². The van der Waals surface area contributed by atoms with Gasteiger partial charge in [0.25, 0.3) is 0 Å². The monoisotopic (exact) mass is 161 g/mol. The van der Waals surface area contributed by atoms with Crippen LogP contribution in [0.2, 0.25) is 0 Å². The molecule has 0 fully saturated rings. The fourth-order valence-corrected chi connectivity index (χ4v) is 0.918. The minimum absolute atomic E-state index is 0.0848. The molecule has 0 aromatic heterocycles. The quantitative estimate of drug-likeness (QED) is 0.450. The Hall–Kier alpha value is -0.510. The van der Waals surface area contributed by atoms with Crippen LogP contribution in [0.25, 0.3) is 0 Å². The van der Waals surface area contributed by atoms with Gasteiger partial charge >= 0.3 is 0 Å². The maximum atomic E-state index is 10.8. The Balaban J connectivity index is 4.06. The molecule has 0 rings (SSSR count). The van der Waals surface area contributed by atoms with E-state index in [9.17, 15) is 9.59 Å². The van der Waals surface area contributed by atoms with E-state index in [4.69, 9.17) is 5.73 Å². The summed E-state index contributed by atoms with van der Waals surface area (Å²) < 4.78 is 0. The number of primary amides is 1. The van der Waals surface area contributed by atoms with E-state index in [2.05, 4.69) is 12.6 Å². The van der Waals surface area contributed by atoms with Crippen LogP contribution in [0.1, 0.15) is 13.3 Å². The predicted octanol–water partition coefficient (Wildman–Crippen LogP) is -0.00320. The largest absolute Gasteiger partial charge is 0.369 e. The van der Waals surface area contributed by atoms with E-state index in [1.54, 1.807) is 6.92 Å². The van der Waals surface area contributed by atoms with E-state index in [0.717, 1.165) is 0 Å². The van der Waals surface area contributed by atoms with Gasteiger partial charge < -0.3 is 5.73 Å². The summed E-state index contributed by atoms with van der Waals surface area (Å²) in [5.74, 6) is -1.31. The molecule has 0 bridgehead atoms. The van der Waals surface area contributed by atoms with Gasteiger partial charge in [0.2, 0.25) is 5.91 Å². The van der Waals surface area contributed by atoms with Crippen LogP contribution in [0.5, 0.6) is 0 Å². The van der Waals surface area contributed by atoms with Crippen molar-refractivity contribution in [1.29, 1.82) is 0 Å². The summed E-state index contributed by atoms with van der Waals surface area (Å²) in [6, 6.07) is 0. The minimum Gasteiger partial charge on any atom is -0.369 e. The van der Waals surface area contributed by atoms with Gasteiger partial charge in [-0.25, -0.2) is 0 Å². The SMILES string of the molecule is CCC(C(N)=O)C(=O)CS. The fraction of sp³-hybridized carbons (Fsp3) is 0.667. The molecule has 0 aliphatic heterocycles. The molecule has 0 heterocycles. The highest BCUT2D eigenvalue weighted by Gasteiger charge is 2.19. The van der Waals surface area contributed by atoms with Gasteiger partial charge in [-0.2, -0.15) is 12.6 Å². The normalized spacial score (nSPS) is 12.6. The number of rotatable bonds is 4. The summed E-state index contributed by atoms with van der Waals surface area (Å²) >= 11 is 3.75. The van der Waals surface area contributed by atoms with Crippen molar-refractivity contribution in [2.45, 2.75) is 13.3 Å². The number of hydrogen-bond acceptors (Lipinski definition) is 3. The molecule has 1 amide bonds. The Morgan fingerprint density at radius 2 is 2.10 bits per heavy atom. The van der Waals surface area contributed by atoms with Crippen molar-refractivity contribution in [3.8, 4) is 0 Å². The van der Waals surface area contributed by atoms with Crippen molar-refractivity contribution in [3.63, 3.8) is 0 Å². The zero-order chi connectivity index (χ0) is 8.15. The van der Waals surface area contributed by atoms with E-state index in [0.29, 0.717) is 6.42 Å². The molecule has 0 saturated carbocycles. The molecule has 0 aromatic rings. The summed E-state index contributed by atoms with van der Waals surface area (Å²) in [5, 5.41) is 0. The van der Waals surface area contributed by atoms with E-state index in [1.165, 1.54) is 0 Å². The average Bonchev–Trinajstić information content (AvgIpc) is 1.88. The summed E-state index contributed by atoms with van der Waals surface area (Å²) in [5.41, 5.74) is 4.93. The number of carbonyl (C=O) groups is 2.